The van der Waals surface area contributed by atoms with Gasteiger partial charge in [-0.1, -0.05) is 18.2 Å². The van der Waals surface area contributed by atoms with Crippen LogP contribution in [0.2, 0.25) is 0 Å². The van der Waals surface area contributed by atoms with Crippen molar-refractivity contribution in [3.05, 3.63) is 82.5 Å². The molecule has 8 nitrogen and oxygen atoms in total. The van der Waals surface area contributed by atoms with E-state index in [9.17, 15) is 14.0 Å². The Hall–Kier alpha value is -3.72. The fourth-order valence-corrected chi connectivity index (χ4v) is 3.34. The van der Waals surface area contributed by atoms with Crippen LogP contribution in [-0.2, 0) is 11.3 Å². The van der Waals surface area contributed by atoms with E-state index in [0.717, 1.165) is 0 Å². The summed E-state index contributed by atoms with van der Waals surface area (Å²) in [5.74, 6) is -0.293. The van der Waals surface area contributed by atoms with E-state index in [1.165, 1.54) is 22.9 Å². The highest BCUT2D eigenvalue weighted by molar-refractivity contribution is 6.02. The topological polar surface area (TPSA) is 85.7 Å². The zero-order chi connectivity index (χ0) is 22.3. The average Bonchev–Trinajstić information content (AvgIpc) is 2.81. The van der Waals surface area contributed by atoms with Crippen molar-refractivity contribution in [1.29, 1.82) is 0 Å². The van der Waals surface area contributed by atoms with E-state index in [0.29, 0.717) is 43.4 Å². The fourth-order valence-electron chi connectivity index (χ4n) is 3.34. The van der Waals surface area contributed by atoms with Crippen LogP contribution in [0.5, 0.6) is 5.75 Å². The minimum Gasteiger partial charge on any atom is -0.492 e. The summed E-state index contributed by atoms with van der Waals surface area (Å²) < 4.78 is 26.6. The highest BCUT2D eigenvalue weighted by atomic mass is 19.1. The van der Waals surface area contributed by atoms with Crippen molar-refractivity contribution in [2.45, 2.75) is 6.54 Å². The Labute approximate surface area is 184 Å². The summed E-state index contributed by atoms with van der Waals surface area (Å²) in [4.78, 5) is 26.6. The van der Waals surface area contributed by atoms with Gasteiger partial charge in [-0.2, -0.15) is 5.10 Å². The van der Waals surface area contributed by atoms with Gasteiger partial charge in [0.15, 0.2) is 0 Å². The number of halogens is 1. The molecule has 3 aromatic rings. The standard InChI is InChI=1S/C23H23FN4O4/c24-19-16-17(6-8-21(19)27-10-13-31-14-11-27)25-23(30)20-7-9-22(29)28(26-20)12-15-32-18-4-2-1-3-5-18/h1-9,16H,10-15H2,(H,25,30). The zero-order valence-electron chi connectivity index (χ0n) is 17.4. The van der Waals surface area contributed by atoms with Crippen molar-refractivity contribution >= 4 is 17.3 Å². The maximum atomic E-state index is 14.6. The first-order chi connectivity index (χ1) is 15.6. The Kier molecular flexibility index (Phi) is 6.76. The third kappa shape index (κ3) is 5.30. The minimum absolute atomic E-state index is 0.0435. The van der Waals surface area contributed by atoms with E-state index in [1.54, 1.807) is 12.1 Å². The van der Waals surface area contributed by atoms with Crippen molar-refractivity contribution in [3.8, 4) is 5.75 Å². The van der Waals surface area contributed by atoms with Crippen LogP contribution in [0, 0.1) is 5.82 Å². The third-order valence-corrected chi connectivity index (χ3v) is 4.97. The van der Waals surface area contributed by atoms with Crippen LogP contribution in [0.25, 0.3) is 0 Å². The molecule has 0 spiro atoms. The second-order valence-electron chi connectivity index (χ2n) is 7.16. The first kappa shape index (κ1) is 21.5. The lowest BCUT2D eigenvalue weighted by Gasteiger charge is -2.29. The second kappa shape index (κ2) is 10.1. The number of carbonyl (C=O) groups excluding carboxylic acids is 1. The molecule has 1 aromatic heterocycles. The molecular weight excluding hydrogens is 415 g/mol. The number of anilines is 2. The van der Waals surface area contributed by atoms with Crippen LogP contribution >= 0.6 is 0 Å². The Balaban J connectivity index is 1.40. The van der Waals surface area contributed by atoms with Gasteiger partial charge in [0, 0.05) is 24.8 Å². The Morgan fingerprint density at radius 1 is 1.09 bits per heavy atom. The molecule has 0 aliphatic carbocycles. The van der Waals surface area contributed by atoms with Crippen LogP contribution in [-0.4, -0.2) is 48.6 Å². The molecule has 2 heterocycles. The second-order valence-corrected chi connectivity index (χ2v) is 7.16. The van der Waals surface area contributed by atoms with Gasteiger partial charge in [-0.25, -0.2) is 9.07 Å². The van der Waals surface area contributed by atoms with E-state index >= 15 is 0 Å². The molecule has 1 aliphatic rings. The predicted octanol–water partition coefficient (Wildman–Crippen LogP) is 2.55. The molecule has 0 saturated carbocycles. The minimum atomic E-state index is -0.541. The van der Waals surface area contributed by atoms with Gasteiger partial charge in [-0.3, -0.25) is 9.59 Å². The predicted molar refractivity (Wildman–Crippen MR) is 118 cm³/mol. The number of nitrogens with zero attached hydrogens (tertiary/aromatic N) is 3. The van der Waals surface area contributed by atoms with Gasteiger partial charge >= 0.3 is 0 Å². The van der Waals surface area contributed by atoms with Crippen molar-refractivity contribution in [3.63, 3.8) is 0 Å². The normalized spacial score (nSPS) is 13.6. The van der Waals surface area contributed by atoms with E-state index in [-0.39, 0.29) is 24.4 Å². The number of carbonyl (C=O) groups is 1. The summed E-state index contributed by atoms with van der Waals surface area (Å²) in [6.45, 7) is 2.73. The van der Waals surface area contributed by atoms with Crippen molar-refractivity contribution in [1.82, 2.24) is 9.78 Å². The van der Waals surface area contributed by atoms with E-state index in [1.807, 2.05) is 35.2 Å². The first-order valence-electron chi connectivity index (χ1n) is 10.3. The molecule has 2 aromatic carbocycles. The van der Waals surface area contributed by atoms with Crippen molar-refractivity contribution in [2.75, 3.05) is 43.1 Å². The van der Waals surface area contributed by atoms with Gasteiger partial charge in [-0.15, -0.1) is 0 Å². The highest BCUT2D eigenvalue weighted by Crippen LogP contribution is 2.24. The quantitative estimate of drug-likeness (QED) is 0.610. The molecule has 1 amide bonds. The Bertz CT molecular complexity index is 1130. The number of nitrogens with one attached hydrogen (secondary N) is 1. The van der Waals surface area contributed by atoms with Crippen LogP contribution < -0.4 is 20.5 Å². The lowest BCUT2D eigenvalue weighted by Crippen LogP contribution is -2.36. The van der Waals surface area contributed by atoms with Crippen LogP contribution in [0.1, 0.15) is 10.5 Å². The van der Waals surface area contributed by atoms with Gasteiger partial charge in [0.25, 0.3) is 11.5 Å². The molecule has 0 bridgehead atoms. The number of morpholine rings is 1. The monoisotopic (exact) mass is 438 g/mol. The van der Waals surface area contributed by atoms with Gasteiger partial charge < -0.3 is 19.7 Å². The average molecular weight is 438 g/mol. The van der Waals surface area contributed by atoms with Gasteiger partial charge in [0.1, 0.15) is 23.9 Å². The lowest BCUT2D eigenvalue weighted by molar-refractivity contribution is 0.101. The van der Waals surface area contributed by atoms with Crippen LogP contribution in [0.4, 0.5) is 15.8 Å². The number of amides is 1. The molecule has 0 atom stereocenters. The molecule has 0 unspecified atom stereocenters. The van der Waals surface area contributed by atoms with E-state index in [2.05, 4.69) is 10.4 Å². The molecule has 1 fully saturated rings. The summed E-state index contributed by atoms with van der Waals surface area (Å²) >= 11 is 0. The molecule has 4 rings (SSSR count). The molecule has 32 heavy (non-hydrogen) atoms. The largest absolute Gasteiger partial charge is 0.492 e. The molecule has 1 saturated heterocycles. The molecular formula is C23H23FN4O4. The number of rotatable bonds is 7. The number of hydrogen-bond acceptors (Lipinski definition) is 6. The Morgan fingerprint density at radius 3 is 2.62 bits per heavy atom. The van der Waals surface area contributed by atoms with Crippen LogP contribution in [0.15, 0.2) is 65.5 Å². The number of aromatic nitrogens is 2. The zero-order valence-corrected chi connectivity index (χ0v) is 17.4. The van der Waals surface area contributed by atoms with E-state index in [4.69, 9.17) is 9.47 Å². The van der Waals surface area contributed by atoms with Crippen LogP contribution in [0.3, 0.4) is 0 Å². The SMILES string of the molecule is O=C(Nc1ccc(N2CCOCC2)c(F)c1)c1ccc(=O)n(CCOc2ccccc2)n1. The Morgan fingerprint density at radius 2 is 1.88 bits per heavy atom. The fraction of sp³-hybridized carbons (Fsp3) is 0.261. The summed E-state index contributed by atoms with van der Waals surface area (Å²) in [7, 11) is 0. The summed E-state index contributed by atoms with van der Waals surface area (Å²) in [6, 6.07) is 16.3. The molecule has 0 radical (unpaired) electrons. The van der Waals surface area contributed by atoms with E-state index < -0.39 is 11.7 Å². The van der Waals surface area contributed by atoms with Crippen molar-refractivity contribution < 1.29 is 18.7 Å². The molecule has 1 aliphatic heterocycles. The molecule has 166 valence electrons. The summed E-state index contributed by atoms with van der Waals surface area (Å²) in [5.41, 5.74) is 0.467. The lowest BCUT2D eigenvalue weighted by atomic mass is 10.2. The van der Waals surface area contributed by atoms with Gasteiger partial charge in [0.05, 0.1) is 25.4 Å². The maximum absolute atomic E-state index is 14.6. The van der Waals surface area contributed by atoms with Gasteiger partial charge in [0.2, 0.25) is 0 Å². The highest BCUT2D eigenvalue weighted by Gasteiger charge is 2.16. The maximum Gasteiger partial charge on any atom is 0.276 e. The summed E-state index contributed by atoms with van der Waals surface area (Å²) in [6.07, 6.45) is 0. The smallest absolute Gasteiger partial charge is 0.276 e. The summed E-state index contributed by atoms with van der Waals surface area (Å²) in [5, 5.41) is 6.74. The molecule has 1 N–H and O–H groups in total. The van der Waals surface area contributed by atoms with Crippen molar-refractivity contribution in [2.24, 2.45) is 0 Å². The number of hydrogen-bond donors (Lipinski definition) is 1. The number of para-hydroxylation sites is 1. The number of ether oxygens (including phenoxy) is 2. The first-order valence-corrected chi connectivity index (χ1v) is 10.3. The van der Waals surface area contributed by atoms with Gasteiger partial charge in [-0.05, 0) is 36.4 Å². The number of benzene rings is 2. The third-order valence-electron chi connectivity index (χ3n) is 4.97. The molecule has 9 heteroatoms.